The number of carbonyl (C=O) groups excluding carboxylic acids is 2. The lowest BCUT2D eigenvalue weighted by molar-refractivity contribution is -0.142. The van der Waals surface area contributed by atoms with Gasteiger partial charge < -0.3 is 21.1 Å². The number of nitrogens with one attached hydrogen (secondary N) is 2. The van der Waals surface area contributed by atoms with E-state index in [-0.39, 0.29) is 24.6 Å². The number of rotatable bonds is 9. The molecule has 1 aromatic heterocycles. The molecule has 2 atom stereocenters. The standard InChI is InChI=1S/C22H22N4O6/c23-18(27)11-10-16(21(30)31)24-19(28)17(12-13-6-2-1-3-7-13)26-20(29)14-8-4-5-9-15(14)25-22(26)32/h1-9,16-17H,10-12H2,(H2,23,27)(H,24,28)(H,25,32)(H,30,31)/t16-,17-/m0/s1. The maximum absolute atomic E-state index is 13.1. The van der Waals surface area contributed by atoms with Crippen LogP contribution in [0.25, 0.3) is 10.9 Å². The molecule has 0 aliphatic carbocycles. The Morgan fingerprint density at radius 3 is 2.34 bits per heavy atom. The number of hydrogen-bond acceptors (Lipinski definition) is 5. The Kier molecular flexibility index (Phi) is 6.83. The van der Waals surface area contributed by atoms with Crippen LogP contribution in [0.3, 0.4) is 0 Å². The van der Waals surface area contributed by atoms with Crippen molar-refractivity contribution < 1.29 is 19.5 Å². The molecule has 0 aliphatic rings. The minimum absolute atomic E-state index is 0.0316. The molecule has 10 heteroatoms. The van der Waals surface area contributed by atoms with Gasteiger partial charge in [0.05, 0.1) is 10.9 Å². The monoisotopic (exact) mass is 438 g/mol. The third-order valence-electron chi connectivity index (χ3n) is 5.02. The van der Waals surface area contributed by atoms with E-state index < -0.39 is 41.1 Å². The van der Waals surface area contributed by atoms with Crippen molar-refractivity contribution >= 4 is 28.7 Å². The first kappa shape index (κ1) is 22.5. The SMILES string of the molecule is NC(=O)CC[C@H](NC(=O)[C@H](Cc1ccccc1)n1c(=O)[nH]c2ccccc2c1=O)C(=O)O. The first-order valence-corrected chi connectivity index (χ1v) is 9.87. The zero-order chi connectivity index (χ0) is 23.3. The fourth-order valence-electron chi connectivity index (χ4n) is 3.41. The predicted molar refractivity (Wildman–Crippen MR) is 116 cm³/mol. The highest BCUT2D eigenvalue weighted by Gasteiger charge is 2.29. The van der Waals surface area contributed by atoms with Gasteiger partial charge in [-0.2, -0.15) is 0 Å². The van der Waals surface area contributed by atoms with Crippen LogP contribution in [0.5, 0.6) is 0 Å². The Morgan fingerprint density at radius 2 is 1.69 bits per heavy atom. The molecule has 0 unspecified atom stereocenters. The van der Waals surface area contributed by atoms with Gasteiger partial charge in [-0.3, -0.25) is 14.4 Å². The van der Waals surface area contributed by atoms with Crippen LogP contribution in [0.4, 0.5) is 0 Å². The number of nitrogens with zero attached hydrogens (tertiary/aromatic N) is 1. The Bertz CT molecular complexity index is 1260. The molecule has 0 saturated carbocycles. The third-order valence-corrected chi connectivity index (χ3v) is 5.02. The summed E-state index contributed by atoms with van der Waals surface area (Å²) in [6, 6.07) is 12.3. The van der Waals surface area contributed by atoms with Crippen LogP contribution in [0.1, 0.15) is 24.4 Å². The Morgan fingerprint density at radius 1 is 1.03 bits per heavy atom. The number of para-hydroxylation sites is 1. The number of carboxylic acid groups (broad SMARTS) is 1. The molecule has 2 aromatic carbocycles. The molecule has 0 fully saturated rings. The number of nitrogens with two attached hydrogens (primary N) is 1. The largest absolute Gasteiger partial charge is 0.480 e. The van der Waals surface area contributed by atoms with Gasteiger partial charge in [-0.15, -0.1) is 0 Å². The van der Waals surface area contributed by atoms with E-state index in [1.54, 1.807) is 48.5 Å². The summed E-state index contributed by atoms with van der Waals surface area (Å²) in [5.74, 6) is -2.92. The van der Waals surface area contributed by atoms with Crippen molar-refractivity contribution in [1.82, 2.24) is 14.9 Å². The molecule has 2 amide bonds. The second-order valence-electron chi connectivity index (χ2n) is 7.26. The third kappa shape index (κ3) is 5.09. The van der Waals surface area contributed by atoms with E-state index in [0.29, 0.717) is 11.1 Å². The molecule has 32 heavy (non-hydrogen) atoms. The second kappa shape index (κ2) is 9.73. The van der Waals surface area contributed by atoms with E-state index in [4.69, 9.17) is 5.73 Å². The number of fused-ring (bicyclic) bond motifs is 1. The van der Waals surface area contributed by atoms with Gasteiger partial charge in [0.25, 0.3) is 5.56 Å². The van der Waals surface area contributed by atoms with E-state index in [1.165, 1.54) is 6.07 Å². The van der Waals surface area contributed by atoms with Crippen molar-refractivity contribution in [3.8, 4) is 0 Å². The highest BCUT2D eigenvalue weighted by Crippen LogP contribution is 2.14. The summed E-state index contributed by atoms with van der Waals surface area (Å²) in [5, 5.41) is 12.0. The quantitative estimate of drug-likeness (QED) is 0.375. The van der Waals surface area contributed by atoms with Crippen LogP contribution < -0.4 is 22.3 Å². The minimum Gasteiger partial charge on any atom is -0.480 e. The van der Waals surface area contributed by atoms with Crippen molar-refractivity contribution in [2.24, 2.45) is 5.73 Å². The minimum atomic E-state index is -1.41. The van der Waals surface area contributed by atoms with Crippen LogP contribution >= 0.6 is 0 Å². The highest BCUT2D eigenvalue weighted by molar-refractivity contribution is 5.87. The van der Waals surface area contributed by atoms with Crippen LogP contribution in [-0.4, -0.2) is 38.5 Å². The van der Waals surface area contributed by atoms with Crippen molar-refractivity contribution in [3.63, 3.8) is 0 Å². The lowest BCUT2D eigenvalue weighted by Crippen LogP contribution is -2.49. The number of aromatic amines is 1. The number of carbonyl (C=O) groups is 3. The van der Waals surface area contributed by atoms with Crippen molar-refractivity contribution in [2.45, 2.75) is 31.3 Å². The average molecular weight is 438 g/mol. The maximum Gasteiger partial charge on any atom is 0.329 e. The molecule has 0 saturated heterocycles. The Labute approximate surface area is 181 Å². The van der Waals surface area contributed by atoms with Gasteiger partial charge in [0.2, 0.25) is 11.8 Å². The van der Waals surface area contributed by atoms with Gasteiger partial charge in [0, 0.05) is 12.8 Å². The zero-order valence-corrected chi connectivity index (χ0v) is 17.0. The molecule has 10 nitrogen and oxygen atoms in total. The Balaban J connectivity index is 2.05. The van der Waals surface area contributed by atoms with Gasteiger partial charge in [-0.05, 0) is 24.1 Å². The number of amides is 2. The highest BCUT2D eigenvalue weighted by atomic mass is 16.4. The van der Waals surface area contributed by atoms with Gasteiger partial charge in [0.15, 0.2) is 0 Å². The van der Waals surface area contributed by atoms with Crippen molar-refractivity contribution in [2.75, 3.05) is 0 Å². The molecule has 5 N–H and O–H groups in total. The summed E-state index contributed by atoms with van der Waals surface area (Å²) < 4.78 is 0.789. The van der Waals surface area contributed by atoms with E-state index >= 15 is 0 Å². The van der Waals surface area contributed by atoms with E-state index in [2.05, 4.69) is 10.3 Å². The molecular formula is C22H22N4O6. The molecule has 0 aliphatic heterocycles. The molecule has 166 valence electrons. The summed E-state index contributed by atoms with van der Waals surface area (Å²) >= 11 is 0. The van der Waals surface area contributed by atoms with Crippen LogP contribution in [0.2, 0.25) is 0 Å². The Hall–Kier alpha value is -4.21. The number of carboxylic acids is 1. The topological polar surface area (TPSA) is 164 Å². The normalized spacial score (nSPS) is 12.8. The van der Waals surface area contributed by atoms with Gasteiger partial charge in [-0.25, -0.2) is 14.2 Å². The summed E-state index contributed by atoms with van der Waals surface area (Å²) in [5.41, 5.74) is 4.59. The second-order valence-corrected chi connectivity index (χ2v) is 7.26. The summed E-state index contributed by atoms with van der Waals surface area (Å²) in [7, 11) is 0. The lowest BCUT2D eigenvalue weighted by Gasteiger charge is -2.22. The molecular weight excluding hydrogens is 416 g/mol. The lowest BCUT2D eigenvalue weighted by atomic mass is 10.0. The number of aromatic nitrogens is 2. The van der Waals surface area contributed by atoms with Gasteiger partial charge in [0.1, 0.15) is 12.1 Å². The summed E-state index contributed by atoms with van der Waals surface area (Å²) in [4.78, 5) is 64.2. The first-order chi connectivity index (χ1) is 15.3. The molecule has 3 rings (SSSR count). The zero-order valence-electron chi connectivity index (χ0n) is 17.0. The maximum atomic E-state index is 13.1. The average Bonchev–Trinajstić information content (AvgIpc) is 2.76. The molecule has 0 radical (unpaired) electrons. The van der Waals surface area contributed by atoms with Gasteiger partial charge in [-0.1, -0.05) is 42.5 Å². The summed E-state index contributed by atoms with van der Waals surface area (Å²) in [6.45, 7) is 0. The summed E-state index contributed by atoms with van der Waals surface area (Å²) in [6.07, 6.45) is -0.509. The van der Waals surface area contributed by atoms with Crippen molar-refractivity contribution in [3.05, 3.63) is 81.0 Å². The van der Waals surface area contributed by atoms with E-state index in [9.17, 15) is 29.1 Å². The molecule has 1 heterocycles. The number of benzene rings is 2. The van der Waals surface area contributed by atoms with Crippen molar-refractivity contribution in [1.29, 1.82) is 0 Å². The smallest absolute Gasteiger partial charge is 0.329 e. The van der Waals surface area contributed by atoms with Gasteiger partial charge >= 0.3 is 11.7 Å². The van der Waals surface area contributed by atoms with Crippen LogP contribution in [0.15, 0.2) is 64.2 Å². The number of H-pyrrole nitrogens is 1. The molecule has 3 aromatic rings. The van der Waals surface area contributed by atoms with Crippen LogP contribution in [-0.2, 0) is 20.8 Å². The fraction of sp³-hybridized carbons (Fsp3) is 0.227. The molecule has 0 bridgehead atoms. The predicted octanol–water partition coefficient (Wildman–Crippen LogP) is 0.308. The van der Waals surface area contributed by atoms with E-state index in [1.807, 2.05) is 0 Å². The number of hydrogen-bond donors (Lipinski definition) is 4. The number of primary amides is 1. The first-order valence-electron chi connectivity index (χ1n) is 9.87. The fourth-order valence-corrected chi connectivity index (χ4v) is 3.41. The number of aliphatic carboxylic acids is 1. The van der Waals surface area contributed by atoms with E-state index in [0.717, 1.165) is 4.57 Å². The molecule has 0 spiro atoms. The van der Waals surface area contributed by atoms with Crippen LogP contribution in [0, 0.1) is 0 Å².